The summed E-state index contributed by atoms with van der Waals surface area (Å²) in [7, 11) is 0. The van der Waals surface area contributed by atoms with Crippen LogP contribution in [0.2, 0.25) is 0 Å². The third-order valence-electron chi connectivity index (χ3n) is 1.24. The predicted molar refractivity (Wildman–Crippen MR) is 42.3 cm³/mol. The second kappa shape index (κ2) is 4.91. The van der Waals surface area contributed by atoms with Crippen LogP contribution >= 0.6 is 0 Å². The van der Waals surface area contributed by atoms with Gasteiger partial charge in [0.15, 0.2) is 0 Å². The van der Waals surface area contributed by atoms with Gasteiger partial charge in [0.25, 0.3) is 0 Å². The van der Waals surface area contributed by atoms with E-state index in [1.807, 2.05) is 6.92 Å². The summed E-state index contributed by atoms with van der Waals surface area (Å²) in [6.45, 7) is 3.44. The fourth-order valence-corrected chi connectivity index (χ4v) is 0.822. The normalized spacial score (nSPS) is 14.6. The molecule has 64 valence electrons. The SMILES string of the molecule is CCCC(=CC(C)O)C(=O)O. The van der Waals surface area contributed by atoms with Gasteiger partial charge < -0.3 is 10.2 Å². The van der Waals surface area contributed by atoms with E-state index in [2.05, 4.69) is 0 Å². The Morgan fingerprint density at radius 2 is 2.18 bits per heavy atom. The van der Waals surface area contributed by atoms with Crippen LogP contribution in [0.1, 0.15) is 26.7 Å². The average Bonchev–Trinajstić information content (AvgIpc) is 1.86. The van der Waals surface area contributed by atoms with Gasteiger partial charge in [-0.15, -0.1) is 0 Å². The van der Waals surface area contributed by atoms with Gasteiger partial charge in [-0.3, -0.25) is 0 Å². The second-order valence-corrected chi connectivity index (χ2v) is 2.49. The molecule has 0 aromatic heterocycles. The molecule has 0 radical (unpaired) electrons. The smallest absolute Gasteiger partial charge is 0.331 e. The zero-order valence-corrected chi connectivity index (χ0v) is 6.87. The minimum absolute atomic E-state index is 0.294. The zero-order chi connectivity index (χ0) is 8.85. The molecule has 3 nitrogen and oxygen atoms in total. The van der Waals surface area contributed by atoms with E-state index in [1.54, 1.807) is 6.92 Å². The Balaban J connectivity index is 4.20. The summed E-state index contributed by atoms with van der Waals surface area (Å²) in [5.74, 6) is -0.937. The topological polar surface area (TPSA) is 57.5 Å². The average molecular weight is 158 g/mol. The Bertz CT molecular complexity index is 159. The Labute approximate surface area is 66.4 Å². The molecule has 0 saturated heterocycles. The number of hydrogen-bond donors (Lipinski definition) is 2. The van der Waals surface area contributed by atoms with Crippen LogP contribution in [0, 0.1) is 0 Å². The number of hydrogen-bond acceptors (Lipinski definition) is 2. The highest BCUT2D eigenvalue weighted by Gasteiger charge is 2.06. The van der Waals surface area contributed by atoms with Crippen molar-refractivity contribution in [3.63, 3.8) is 0 Å². The Morgan fingerprint density at radius 3 is 2.45 bits per heavy atom. The largest absolute Gasteiger partial charge is 0.478 e. The van der Waals surface area contributed by atoms with E-state index < -0.39 is 12.1 Å². The third kappa shape index (κ3) is 4.56. The van der Waals surface area contributed by atoms with Gasteiger partial charge in [-0.2, -0.15) is 0 Å². The highest BCUT2D eigenvalue weighted by atomic mass is 16.4. The van der Waals surface area contributed by atoms with Gasteiger partial charge in [0.05, 0.1) is 6.10 Å². The molecule has 2 N–H and O–H groups in total. The molecule has 3 heteroatoms. The van der Waals surface area contributed by atoms with E-state index >= 15 is 0 Å². The van der Waals surface area contributed by atoms with Crippen molar-refractivity contribution in [1.29, 1.82) is 0 Å². The van der Waals surface area contributed by atoms with E-state index in [0.29, 0.717) is 12.0 Å². The van der Waals surface area contributed by atoms with Crippen molar-refractivity contribution >= 4 is 5.97 Å². The first-order chi connectivity index (χ1) is 5.07. The van der Waals surface area contributed by atoms with E-state index in [0.717, 1.165) is 6.42 Å². The fraction of sp³-hybridized carbons (Fsp3) is 0.625. The standard InChI is InChI=1S/C8H14O3/c1-3-4-7(8(10)11)5-6(2)9/h5-6,9H,3-4H2,1-2H3,(H,10,11). The molecule has 0 rings (SSSR count). The van der Waals surface area contributed by atoms with Gasteiger partial charge in [0.1, 0.15) is 0 Å². The molecular formula is C8H14O3. The molecule has 0 aliphatic heterocycles. The van der Waals surface area contributed by atoms with E-state index in [-0.39, 0.29) is 0 Å². The molecule has 1 unspecified atom stereocenters. The van der Waals surface area contributed by atoms with Gasteiger partial charge in [-0.25, -0.2) is 4.79 Å². The van der Waals surface area contributed by atoms with Crippen LogP contribution in [0.5, 0.6) is 0 Å². The monoisotopic (exact) mass is 158 g/mol. The van der Waals surface area contributed by atoms with E-state index in [9.17, 15) is 4.79 Å². The van der Waals surface area contributed by atoms with Crippen LogP contribution in [0.4, 0.5) is 0 Å². The number of aliphatic carboxylic acids is 1. The Hall–Kier alpha value is -0.830. The van der Waals surface area contributed by atoms with Crippen LogP contribution in [-0.4, -0.2) is 22.3 Å². The van der Waals surface area contributed by atoms with E-state index in [4.69, 9.17) is 10.2 Å². The summed E-state index contributed by atoms with van der Waals surface area (Å²) in [4.78, 5) is 10.4. The number of carboxylic acids is 1. The number of carbonyl (C=O) groups is 1. The summed E-state index contributed by atoms with van der Waals surface area (Å²) < 4.78 is 0. The van der Waals surface area contributed by atoms with Gasteiger partial charge in [0.2, 0.25) is 0 Å². The van der Waals surface area contributed by atoms with Crippen LogP contribution in [0.25, 0.3) is 0 Å². The molecule has 0 aromatic carbocycles. The van der Waals surface area contributed by atoms with Gasteiger partial charge >= 0.3 is 5.97 Å². The fourth-order valence-electron chi connectivity index (χ4n) is 0.822. The molecule has 0 heterocycles. The summed E-state index contributed by atoms with van der Waals surface area (Å²) in [6.07, 6.45) is 1.99. The molecular weight excluding hydrogens is 144 g/mol. The summed E-state index contributed by atoms with van der Waals surface area (Å²) in [5.41, 5.74) is 0.294. The minimum atomic E-state index is -0.937. The van der Waals surface area contributed by atoms with Crippen molar-refractivity contribution in [2.24, 2.45) is 0 Å². The minimum Gasteiger partial charge on any atom is -0.478 e. The van der Waals surface area contributed by atoms with Crippen molar-refractivity contribution in [2.45, 2.75) is 32.8 Å². The first-order valence-electron chi connectivity index (χ1n) is 3.70. The quantitative estimate of drug-likeness (QED) is 0.604. The highest BCUT2D eigenvalue weighted by Crippen LogP contribution is 2.05. The lowest BCUT2D eigenvalue weighted by Gasteiger charge is -2.00. The van der Waals surface area contributed by atoms with Crippen molar-refractivity contribution in [2.75, 3.05) is 0 Å². The summed E-state index contributed by atoms with van der Waals surface area (Å²) in [6, 6.07) is 0. The molecule has 0 bridgehead atoms. The molecule has 0 fully saturated rings. The van der Waals surface area contributed by atoms with Crippen LogP contribution in [0.15, 0.2) is 11.6 Å². The molecule has 0 saturated carbocycles. The van der Waals surface area contributed by atoms with E-state index in [1.165, 1.54) is 6.08 Å². The third-order valence-corrected chi connectivity index (χ3v) is 1.24. The Morgan fingerprint density at radius 1 is 1.64 bits per heavy atom. The zero-order valence-electron chi connectivity index (χ0n) is 6.87. The summed E-state index contributed by atoms with van der Waals surface area (Å²) >= 11 is 0. The maximum atomic E-state index is 10.4. The number of rotatable bonds is 4. The van der Waals surface area contributed by atoms with Crippen LogP contribution < -0.4 is 0 Å². The maximum Gasteiger partial charge on any atom is 0.331 e. The Kier molecular flexibility index (Phi) is 4.54. The first-order valence-corrected chi connectivity index (χ1v) is 3.70. The predicted octanol–water partition coefficient (Wildman–Crippen LogP) is 1.18. The maximum absolute atomic E-state index is 10.4. The lowest BCUT2D eigenvalue weighted by Crippen LogP contribution is -2.05. The number of carboxylic acid groups (broad SMARTS) is 1. The lowest BCUT2D eigenvalue weighted by atomic mass is 10.1. The second-order valence-electron chi connectivity index (χ2n) is 2.49. The van der Waals surface area contributed by atoms with Crippen molar-refractivity contribution in [3.8, 4) is 0 Å². The molecule has 11 heavy (non-hydrogen) atoms. The molecule has 0 amide bonds. The molecule has 1 atom stereocenters. The highest BCUT2D eigenvalue weighted by molar-refractivity contribution is 5.86. The lowest BCUT2D eigenvalue weighted by molar-refractivity contribution is -0.132. The molecule has 0 spiro atoms. The number of aliphatic hydroxyl groups is 1. The van der Waals surface area contributed by atoms with Crippen molar-refractivity contribution in [1.82, 2.24) is 0 Å². The van der Waals surface area contributed by atoms with Crippen molar-refractivity contribution < 1.29 is 15.0 Å². The first kappa shape index (κ1) is 10.2. The number of aliphatic hydroxyl groups excluding tert-OH is 1. The van der Waals surface area contributed by atoms with Crippen LogP contribution in [-0.2, 0) is 4.79 Å². The molecule has 0 aliphatic carbocycles. The molecule has 0 aliphatic rings. The van der Waals surface area contributed by atoms with Crippen molar-refractivity contribution in [3.05, 3.63) is 11.6 Å². The van der Waals surface area contributed by atoms with Crippen LogP contribution in [0.3, 0.4) is 0 Å². The van der Waals surface area contributed by atoms with Gasteiger partial charge in [-0.05, 0) is 19.4 Å². The van der Waals surface area contributed by atoms with Gasteiger partial charge in [0, 0.05) is 5.57 Å². The summed E-state index contributed by atoms with van der Waals surface area (Å²) in [5, 5.41) is 17.4. The molecule has 0 aromatic rings. The van der Waals surface area contributed by atoms with Gasteiger partial charge in [-0.1, -0.05) is 13.3 Å².